The maximum atomic E-state index is 12.5. The van der Waals surface area contributed by atoms with E-state index in [4.69, 9.17) is 0 Å². The van der Waals surface area contributed by atoms with Gasteiger partial charge in [-0.3, -0.25) is 0 Å². The standard InChI is InChI=1S/C16H12N4O3S2/c21-20-9-5-4-8-14(20)13-10-19-15(17-13)24-16(18-19)25(22,23)11-12-6-2-1-3-7-12/h1-10H,11H2. The number of nitrogens with zero attached hydrogens (tertiary/aromatic N) is 4. The van der Waals surface area contributed by atoms with Crippen LogP contribution in [-0.4, -0.2) is 23.0 Å². The van der Waals surface area contributed by atoms with Crippen LogP contribution in [0.3, 0.4) is 0 Å². The van der Waals surface area contributed by atoms with Gasteiger partial charge in [-0.25, -0.2) is 17.9 Å². The molecule has 0 spiro atoms. The Kier molecular flexibility index (Phi) is 3.74. The summed E-state index contributed by atoms with van der Waals surface area (Å²) in [5.41, 5.74) is 1.53. The molecule has 3 aromatic heterocycles. The van der Waals surface area contributed by atoms with Crippen LogP contribution in [0, 0.1) is 5.21 Å². The SMILES string of the molecule is O=S(=O)(Cc1ccccc1)c1nn2cc(-c3cccc[n+]3[O-])nc2s1. The number of benzene rings is 1. The zero-order valence-corrected chi connectivity index (χ0v) is 14.4. The largest absolute Gasteiger partial charge is 0.618 e. The highest BCUT2D eigenvalue weighted by Gasteiger charge is 2.23. The molecule has 0 amide bonds. The third-order valence-corrected chi connectivity index (χ3v) is 6.63. The number of fused-ring (bicyclic) bond motifs is 1. The molecular weight excluding hydrogens is 360 g/mol. The maximum absolute atomic E-state index is 12.5. The van der Waals surface area contributed by atoms with Crippen molar-refractivity contribution in [1.82, 2.24) is 14.6 Å². The van der Waals surface area contributed by atoms with E-state index in [2.05, 4.69) is 10.1 Å². The van der Waals surface area contributed by atoms with E-state index in [1.54, 1.807) is 48.7 Å². The third kappa shape index (κ3) is 2.99. The second kappa shape index (κ2) is 5.94. The molecule has 25 heavy (non-hydrogen) atoms. The first-order valence-corrected chi connectivity index (χ1v) is 9.81. The number of aromatic nitrogens is 4. The first-order chi connectivity index (χ1) is 12.0. The van der Waals surface area contributed by atoms with Gasteiger partial charge in [0.2, 0.25) is 24.8 Å². The summed E-state index contributed by atoms with van der Waals surface area (Å²) in [6.07, 6.45) is 2.93. The summed E-state index contributed by atoms with van der Waals surface area (Å²) < 4.78 is 27.2. The van der Waals surface area contributed by atoms with Crippen LogP contribution in [0.2, 0.25) is 0 Å². The van der Waals surface area contributed by atoms with Crippen molar-refractivity contribution in [2.45, 2.75) is 10.1 Å². The fraction of sp³-hybridized carbons (Fsp3) is 0.0625. The average Bonchev–Trinajstić information content (AvgIpc) is 3.15. The highest BCUT2D eigenvalue weighted by atomic mass is 32.2. The van der Waals surface area contributed by atoms with Crippen LogP contribution in [0.15, 0.2) is 65.3 Å². The van der Waals surface area contributed by atoms with Gasteiger partial charge in [0.1, 0.15) is 0 Å². The minimum atomic E-state index is -3.55. The van der Waals surface area contributed by atoms with Crippen LogP contribution >= 0.6 is 11.3 Å². The van der Waals surface area contributed by atoms with Crippen molar-refractivity contribution in [2.24, 2.45) is 0 Å². The van der Waals surface area contributed by atoms with Gasteiger partial charge in [0.15, 0.2) is 11.9 Å². The number of sulfone groups is 1. The molecule has 3 heterocycles. The summed E-state index contributed by atoms with van der Waals surface area (Å²) in [7, 11) is -3.55. The number of rotatable bonds is 4. The molecule has 0 aliphatic carbocycles. The highest BCUT2D eigenvalue weighted by Crippen LogP contribution is 2.25. The molecule has 7 nitrogen and oxygen atoms in total. The number of hydrogen-bond acceptors (Lipinski definition) is 6. The molecule has 0 N–H and O–H groups in total. The zero-order valence-electron chi connectivity index (χ0n) is 12.8. The number of pyridine rings is 1. The molecule has 126 valence electrons. The second-order valence-corrected chi connectivity index (χ2v) is 8.50. The van der Waals surface area contributed by atoms with Gasteiger partial charge in [-0.1, -0.05) is 41.7 Å². The molecule has 0 saturated heterocycles. The van der Waals surface area contributed by atoms with Crippen molar-refractivity contribution in [3.63, 3.8) is 0 Å². The molecule has 4 aromatic rings. The monoisotopic (exact) mass is 372 g/mol. The Morgan fingerprint density at radius 2 is 1.88 bits per heavy atom. The van der Waals surface area contributed by atoms with E-state index < -0.39 is 9.84 Å². The van der Waals surface area contributed by atoms with Gasteiger partial charge < -0.3 is 5.21 Å². The predicted molar refractivity (Wildman–Crippen MR) is 92.6 cm³/mol. The van der Waals surface area contributed by atoms with Gasteiger partial charge in [0, 0.05) is 12.1 Å². The van der Waals surface area contributed by atoms with E-state index in [1.165, 1.54) is 10.7 Å². The summed E-state index contributed by atoms with van der Waals surface area (Å²) >= 11 is 0.986. The Hall–Kier alpha value is -2.78. The molecule has 0 bridgehead atoms. The fourth-order valence-corrected chi connectivity index (χ4v) is 4.90. The summed E-state index contributed by atoms with van der Waals surface area (Å²) in [6.45, 7) is 0. The average molecular weight is 372 g/mol. The van der Waals surface area contributed by atoms with E-state index in [9.17, 15) is 13.6 Å². The van der Waals surface area contributed by atoms with Gasteiger partial charge in [-0.05, 0) is 11.6 Å². The molecule has 0 radical (unpaired) electrons. The lowest BCUT2D eigenvalue weighted by molar-refractivity contribution is -0.593. The summed E-state index contributed by atoms with van der Waals surface area (Å²) in [5, 5.41) is 15.9. The lowest BCUT2D eigenvalue weighted by Gasteiger charge is -2.00. The van der Waals surface area contributed by atoms with Crippen LogP contribution in [-0.2, 0) is 15.6 Å². The first kappa shape index (κ1) is 15.7. The molecule has 1 aromatic carbocycles. The van der Waals surface area contributed by atoms with E-state index in [1.807, 2.05) is 6.07 Å². The third-order valence-electron chi connectivity index (χ3n) is 3.58. The van der Waals surface area contributed by atoms with Crippen LogP contribution in [0.5, 0.6) is 0 Å². The summed E-state index contributed by atoms with van der Waals surface area (Å²) in [6, 6.07) is 14.0. The normalized spacial score (nSPS) is 11.8. The van der Waals surface area contributed by atoms with Crippen LogP contribution in [0.4, 0.5) is 0 Å². The molecule has 0 saturated carbocycles. The van der Waals surface area contributed by atoms with Crippen molar-refractivity contribution >= 4 is 26.1 Å². The van der Waals surface area contributed by atoms with E-state index in [-0.39, 0.29) is 10.1 Å². The molecule has 0 aliphatic heterocycles. The van der Waals surface area contributed by atoms with E-state index >= 15 is 0 Å². The van der Waals surface area contributed by atoms with Crippen LogP contribution < -0.4 is 4.73 Å². The Balaban J connectivity index is 1.69. The minimum Gasteiger partial charge on any atom is -0.618 e. The lowest BCUT2D eigenvalue weighted by Crippen LogP contribution is -2.27. The lowest BCUT2D eigenvalue weighted by atomic mass is 10.2. The quantitative estimate of drug-likeness (QED) is 0.404. The first-order valence-electron chi connectivity index (χ1n) is 7.34. The van der Waals surface area contributed by atoms with Gasteiger partial charge in [-0.15, -0.1) is 5.10 Å². The van der Waals surface area contributed by atoms with Crippen LogP contribution in [0.1, 0.15) is 5.56 Å². The van der Waals surface area contributed by atoms with Crippen molar-refractivity contribution < 1.29 is 13.1 Å². The van der Waals surface area contributed by atoms with Crippen molar-refractivity contribution in [3.8, 4) is 11.4 Å². The van der Waals surface area contributed by atoms with Gasteiger partial charge in [0.25, 0.3) is 0 Å². The van der Waals surface area contributed by atoms with Gasteiger partial charge in [0.05, 0.1) is 11.9 Å². The van der Waals surface area contributed by atoms with Crippen molar-refractivity contribution in [2.75, 3.05) is 0 Å². The van der Waals surface area contributed by atoms with Crippen molar-refractivity contribution in [1.29, 1.82) is 0 Å². The predicted octanol–water partition coefficient (Wildman–Crippen LogP) is 2.07. The highest BCUT2D eigenvalue weighted by molar-refractivity contribution is 7.92. The smallest absolute Gasteiger partial charge is 0.244 e. The fourth-order valence-electron chi connectivity index (χ4n) is 2.41. The molecule has 0 unspecified atom stereocenters. The Labute approximate surface area is 147 Å². The second-order valence-electron chi connectivity index (χ2n) is 5.38. The van der Waals surface area contributed by atoms with Gasteiger partial charge in [-0.2, -0.15) is 4.73 Å². The molecule has 0 atom stereocenters. The minimum absolute atomic E-state index is 0.00784. The topological polar surface area (TPSA) is 91.3 Å². The van der Waals surface area contributed by atoms with Crippen molar-refractivity contribution in [3.05, 3.63) is 71.7 Å². The Bertz CT molecular complexity index is 1120. The van der Waals surface area contributed by atoms with E-state index in [0.717, 1.165) is 11.3 Å². The zero-order chi connectivity index (χ0) is 17.4. The molecule has 9 heteroatoms. The van der Waals surface area contributed by atoms with Crippen LogP contribution in [0.25, 0.3) is 16.3 Å². The molecule has 0 aliphatic rings. The van der Waals surface area contributed by atoms with Gasteiger partial charge >= 0.3 is 0 Å². The maximum Gasteiger partial charge on any atom is 0.244 e. The molecular formula is C16H12N4O3S2. The number of imidazole rings is 1. The molecule has 4 rings (SSSR count). The summed E-state index contributed by atoms with van der Waals surface area (Å²) in [4.78, 5) is 4.74. The Morgan fingerprint density at radius 1 is 1.12 bits per heavy atom. The number of hydrogen-bond donors (Lipinski definition) is 0. The summed E-state index contributed by atoms with van der Waals surface area (Å²) in [5.74, 6) is -0.114. The molecule has 0 fully saturated rings. The van der Waals surface area contributed by atoms with E-state index in [0.29, 0.717) is 26.6 Å². The Morgan fingerprint density at radius 3 is 2.60 bits per heavy atom.